The van der Waals surface area contributed by atoms with Crippen molar-refractivity contribution in [3.8, 4) is 0 Å². The topological polar surface area (TPSA) is 32.3 Å². The number of rotatable bonds is 4. The van der Waals surface area contributed by atoms with Gasteiger partial charge in [-0.1, -0.05) is 23.8 Å². The second kappa shape index (κ2) is 6.01. The van der Waals surface area contributed by atoms with Crippen LogP contribution >= 0.6 is 0 Å². The van der Waals surface area contributed by atoms with Crippen molar-refractivity contribution in [2.24, 2.45) is 0 Å². The lowest BCUT2D eigenvalue weighted by molar-refractivity contribution is -0.130. The standard InChI is InChI=1S/C15H24N2O/c1-10-7-8-11(2)14(9-10)12(3)16-13(4)15(18)17(5)6/h7-9,12-13,16H,1-6H3. The van der Waals surface area contributed by atoms with E-state index in [0.717, 1.165) is 0 Å². The zero-order chi connectivity index (χ0) is 13.9. The molecule has 1 aromatic rings. The van der Waals surface area contributed by atoms with Gasteiger partial charge in [0.25, 0.3) is 0 Å². The van der Waals surface area contributed by atoms with Crippen LogP contribution in [0.1, 0.15) is 36.6 Å². The van der Waals surface area contributed by atoms with E-state index in [1.165, 1.54) is 16.7 Å². The summed E-state index contributed by atoms with van der Waals surface area (Å²) in [6.45, 7) is 8.20. The molecular weight excluding hydrogens is 224 g/mol. The molecule has 1 aromatic carbocycles. The van der Waals surface area contributed by atoms with Crippen molar-refractivity contribution in [2.45, 2.75) is 39.8 Å². The molecule has 2 atom stereocenters. The number of amides is 1. The molecule has 0 saturated heterocycles. The number of nitrogens with zero attached hydrogens (tertiary/aromatic N) is 1. The number of aryl methyl sites for hydroxylation is 2. The van der Waals surface area contributed by atoms with E-state index in [4.69, 9.17) is 0 Å². The monoisotopic (exact) mass is 248 g/mol. The van der Waals surface area contributed by atoms with Crippen molar-refractivity contribution in [2.75, 3.05) is 14.1 Å². The second-order valence-corrected chi connectivity index (χ2v) is 5.20. The zero-order valence-electron chi connectivity index (χ0n) is 12.2. The first-order chi connectivity index (χ1) is 8.32. The first kappa shape index (κ1) is 14.7. The lowest BCUT2D eigenvalue weighted by Crippen LogP contribution is -2.42. The molecule has 18 heavy (non-hydrogen) atoms. The summed E-state index contributed by atoms with van der Waals surface area (Å²) in [7, 11) is 3.56. The Bertz CT molecular complexity index is 427. The summed E-state index contributed by atoms with van der Waals surface area (Å²) in [5.74, 6) is 0.104. The number of hydrogen-bond donors (Lipinski definition) is 1. The number of carbonyl (C=O) groups excluding carboxylic acids is 1. The number of carbonyl (C=O) groups is 1. The average molecular weight is 248 g/mol. The fraction of sp³-hybridized carbons (Fsp3) is 0.533. The maximum atomic E-state index is 11.8. The van der Waals surface area contributed by atoms with Gasteiger partial charge in [-0.15, -0.1) is 0 Å². The van der Waals surface area contributed by atoms with Crippen LogP contribution < -0.4 is 5.32 Å². The Labute approximate surface area is 110 Å². The molecule has 0 radical (unpaired) electrons. The Morgan fingerprint density at radius 3 is 2.39 bits per heavy atom. The molecule has 0 saturated carbocycles. The van der Waals surface area contributed by atoms with E-state index in [1.807, 2.05) is 6.92 Å². The predicted octanol–water partition coefficient (Wildman–Crippen LogP) is 2.43. The van der Waals surface area contributed by atoms with E-state index >= 15 is 0 Å². The molecule has 0 fully saturated rings. The molecule has 0 aliphatic carbocycles. The van der Waals surface area contributed by atoms with Gasteiger partial charge in [-0.2, -0.15) is 0 Å². The summed E-state index contributed by atoms with van der Waals surface area (Å²) in [6, 6.07) is 6.42. The maximum absolute atomic E-state index is 11.8. The normalized spacial score (nSPS) is 14.1. The van der Waals surface area contributed by atoms with E-state index in [9.17, 15) is 4.79 Å². The predicted molar refractivity (Wildman–Crippen MR) is 75.6 cm³/mol. The molecule has 0 aliphatic rings. The van der Waals surface area contributed by atoms with E-state index in [-0.39, 0.29) is 18.0 Å². The van der Waals surface area contributed by atoms with Crippen LogP contribution in [0.5, 0.6) is 0 Å². The molecule has 2 unspecified atom stereocenters. The van der Waals surface area contributed by atoms with Crippen molar-refractivity contribution in [1.82, 2.24) is 10.2 Å². The molecule has 3 heteroatoms. The van der Waals surface area contributed by atoms with Crippen molar-refractivity contribution in [3.63, 3.8) is 0 Å². The van der Waals surface area contributed by atoms with Gasteiger partial charge < -0.3 is 4.90 Å². The van der Waals surface area contributed by atoms with Gasteiger partial charge in [-0.3, -0.25) is 10.1 Å². The molecule has 3 nitrogen and oxygen atoms in total. The Morgan fingerprint density at radius 1 is 1.22 bits per heavy atom. The van der Waals surface area contributed by atoms with Crippen LogP contribution in [0, 0.1) is 13.8 Å². The molecule has 0 aliphatic heterocycles. The first-order valence-electron chi connectivity index (χ1n) is 6.37. The summed E-state index contributed by atoms with van der Waals surface area (Å²) in [5.41, 5.74) is 3.76. The van der Waals surface area contributed by atoms with Gasteiger partial charge in [-0.25, -0.2) is 0 Å². The first-order valence-corrected chi connectivity index (χ1v) is 6.37. The smallest absolute Gasteiger partial charge is 0.238 e. The van der Waals surface area contributed by atoms with Gasteiger partial charge in [0.1, 0.15) is 0 Å². The highest BCUT2D eigenvalue weighted by molar-refractivity contribution is 5.80. The van der Waals surface area contributed by atoms with Gasteiger partial charge in [0, 0.05) is 20.1 Å². The molecule has 0 heterocycles. The zero-order valence-corrected chi connectivity index (χ0v) is 12.2. The van der Waals surface area contributed by atoms with Crippen molar-refractivity contribution in [1.29, 1.82) is 0 Å². The highest BCUT2D eigenvalue weighted by Crippen LogP contribution is 2.19. The third kappa shape index (κ3) is 3.57. The van der Waals surface area contributed by atoms with E-state index < -0.39 is 0 Å². The quantitative estimate of drug-likeness (QED) is 0.887. The van der Waals surface area contributed by atoms with Gasteiger partial charge in [0.05, 0.1) is 6.04 Å². The molecule has 1 amide bonds. The second-order valence-electron chi connectivity index (χ2n) is 5.20. The van der Waals surface area contributed by atoms with Crippen LogP contribution in [-0.2, 0) is 4.79 Å². The number of hydrogen-bond acceptors (Lipinski definition) is 2. The van der Waals surface area contributed by atoms with E-state index in [2.05, 4.69) is 44.3 Å². The van der Waals surface area contributed by atoms with Gasteiger partial charge in [0.15, 0.2) is 0 Å². The minimum absolute atomic E-state index is 0.104. The molecule has 100 valence electrons. The Hall–Kier alpha value is -1.35. The number of nitrogens with one attached hydrogen (secondary N) is 1. The highest BCUT2D eigenvalue weighted by atomic mass is 16.2. The van der Waals surface area contributed by atoms with Gasteiger partial charge in [-0.05, 0) is 38.8 Å². The Morgan fingerprint density at radius 2 is 1.83 bits per heavy atom. The van der Waals surface area contributed by atoms with Crippen LogP contribution in [-0.4, -0.2) is 30.9 Å². The molecule has 1 rings (SSSR count). The van der Waals surface area contributed by atoms with Crippen molar-refractivity contribution in [3.05, 3.63) is 34.9 Å². The Kier molecular flexibility index (Phi) is 4.91. The average Bonchev–Trinajstić information content (AvgIpc) is 2.30. The van der Waals surface area contributed by atoms with E-state index in [1.54, 1.807) is 19.0 Å². The minimum atomic E-state index is -0.171. The SMILES string of the molecule is Cc1ccc(C)c(C(C)NC(C)C(=O)N(C)C)c1. The fourth-order valence-corrected chi connectivity index (χ4v) is 2.15. The molecule has 0 bridgehead atoms. The third-order valence-electron chi connectivity index (χ3n) is 3.21. The highest BCUT2D eigenvalue weighted by Gasteiger charge is 2.18. The van der Waals surface area contributed by atoms with E-state index in [0.29, 0.717) is 0 Å². The van der Waals surface area contributed by atoms with Crippen LogP contribution in [0.3, 0.4) is 0 Å². The Balaban J connectivity index is 2.79. The van der Waals surface area contributed by atoms with Crippen LogP contribution in [0.4, 0.5) is 0 Å². The van der Waals surface area contributed by atoms with Crippen LogP contribution in [0.25, 0.3) is 0 Å². The number of likely N-dealkylation sites (N-methyl/N-ethyl adjacent to an activating group) is 1. The largest absolute Gasteiger partial charge is 0.347 e. The summed E-state index contributed by atoms with van der Waals surface area (Å²) in [5, 5.41) is 3.35. The molecule has 0 aromatic heterocycles. The van der Waals surface area contributed by atoms with Gasteiger partial charge in [0.2, 0.25) is 5.91 Å². The van der Waals surface area contributed by atoms with Crippen LogP contribution in [0.2, 0.25) is 0 Å². The molecular formula is C15H24N2O. The van der Waals surface area contributed by atoms with Crippen molar-refractivity contribution < 1.29 is 4.79 Å². The van der Waals surface area contributed by atoms with Crippen molar-refractivity contribution >= 4 is 5.91 Å². The summed E-state index contributed by atoms with van der Waals surface area (Å²) in [6.07, 6.45) is 0. The lowest BCUT2D eigenvalue weighted by Gasteiger charge is -2.23. The molecule has 1 N–H and O–H groups in total. The summed E-state index contributed by atoms with van der Waals surface area (Å²) >= 11 is 0. The van der Waals surface area contributed by atoms with Crippen LogP contribution in [0.15, 0.2) is 18.2 Å². The summed E-state index contributed by atoms with van der Waals surface area (Å²) in [4.78, 5) is 13.4. The summed E-state index contributed by atoms with van der Waals surface area (Å²) < 4.78 is 0. The minimum Gasteiger partial charge on any atom is -0.347 e. The van der Waals surface area contributed by atoms with Gasteiger partial charge >= 0.3 is 0 Å². The number of benzene rings is 1. The maximum Gasteiger partial charge on any atom is 0.238 e. The molecule has 0 spiro atoms. The fourth-order valence-electron chi connectivity index (χ4n) is 2.15. The lowest BCUT2D eigenvalue weighted by atomic mass is 9.99. The third-order valence-corrected chi connectivity index (χ3v) is 3.21.